The highest BCUT2D eigenvalue weighted by atomic mass is 35.5. The van der Waals surface area contributed by atoms with Crippen LogP contribution in [-0.4, -0.2) is 52.6 Å². The number of halogens is 1. The third kappa shape index (κ3) is 3.92. The minimum atomic E-state index is -0.398. The summed E-state index contributed by atoms with van der Waals surface area (Å²) in [7, 11) is 3.33. The molecule has 2 amide bonds. The molecule has 0 unspecified atom stereocenters. The van der Waals surface area contributed by atoms with Gasteiger partial charge in [-0.05, 0) is 41.6 Å². The average molecular weight is 374 g/mol. The predicted octanol–water partition coefficient (Wildman–Crippen LogP) is 1.85. The van der Waals surface area contributed by atoms with Gasteiger partial charge in [0.1, 0.15) is 11.0 Å². The Balaban J connectivity index is 1.65. The number of fused-ring (bicyclic) bond motifs is 1. The molecule has 3 aromatic rings. The van der Waals surface area contributed by atoms with Gasteiger partial charge in [-0.3, -0.25) is 9.59 Å². The Morgan fingerprint density at radius 3 is 2.81 bits per heavy atom. The molecule has 0 saturated carbocycles. The summed E-state index contributed by atoms with van der Waals surface area (Å²) in [5, 5.41) is 10.9. The van der Waals surface area contributed by atoms with Crippen LogP contribution in [0.25, 0.3) is 11.0 Å². The highest BCUT2D eigenvalue weighted by Crippen LogP contribution is 2.16. The summed E-state index contributed by atoms with van der Waals surface area (Å²) in [5.41, 5.74) is 2.14. The molecule has 9 heteroatoms. The van der Waals surface area contributed by atoms with E-state index in [0.29, 0.717) is 27.3 Å². The van der Waals surface area contributed by atoms with Gasteiger partial charge >= 0.3 is 0 Å². The molecule has 0 aliphatic rings. The van der Waals surface area contributed by atoms with Crippen LogP contribution in [-0.2, 0) is 4.79 Å². The summed E-state index contributed by atoms with van der Waals surface area (Å²) in [6.07, 6.45) is 0. The molecule has 1 heterocycles. The summed E-state index contributed by atoms with van der Waals surface area (Å²) in [6.45, 7) is -0.281. The minimum Gasteiger partial charge on any atom is -0.385 e. The molecule has 0 radical (unpaired) electrons. The molecule has 0 fully saturated rings. The van der Waals surface area contributed by atoms with Crippen molar-refractivity contribution < 1.29 is 14.4 Å². The fourth-order valence-electron chi connectivity index (χ4n) is 2.27. The zero-order valence-corrected chi connectivity index (χ0v) is 14.9. The highest BCUT2D eigenvalue weighted by Gasteiger charge is 2.11. The summed E-state index contributed by atoms with van der Waals surface area (Å²) in [5.74, 6) is -0.548. The Morgan fingerprint density at radius 1 is 1.23 bits per heavy atom. The Labute approximate surface area is 154 Å². The predicted molar refractivity (Wildman–Crippen MR) is 97.1 cm³/mol. The fourth-order valence-corrected chi connectivity index (χ4v) is 2.44. The largest absolute Gasteiger partial charge is 0.385 e. The number of amides is 2. The molecule has 0 spiro atoms. The fraction of sp³-hybridized carbons (Fsp3) is 0.176. The van der Waals surface area contributed by atoms with Gasteiger partial charge in [-0.2, -0.15) is 0 Å². The van der Waals surface area contributed by atoms with Gasteiger partial charge in [0.05, 0.1) is 0 Å². The molecule has 134 valence electrons. The Morgan fingerprint density at radius 2 is 2.04 bits per heavy atom. The van der Waals surface area contributed by atoms with E-state index < -0.39 is 5.91 Å². The van der Waals surface area contributed by atoms with Crippen LogP contribution in [0.2, 0.25) is 5.02 Å². The zero-order chi connectivity index (χ0) is 18.7. The first-order valence-corrected chi connectivity index (χ1v) is 8.07. The van der Waals surface area contributed by atoms with Crippen LogP contribution in [0, 0.1) is 0 Å². The van der Waals surface area contributed by atoms with Crippen molar-refractivity contribution in [3.63, 3.8) is 0 Å². The second kappa shape index (κ2) is 7.40. The SMILES string of the molecule is CN(C)C(=O)c1cccc(NC(=O)COn2nnc3ccc(Cl)cc32)c1. The lowest BCUT2D eigenvalue weighted by Gasteiger charge is -2.12. The number of benzene rings is 2. The van der Waals surface area contributed by atoms with Crippen molar-refractivity contribution in [2.75, 3.05) is 26.0 Å². The smallest absolute Gasteiger partial charge is 0.265 e. The molecule has 0 bridgehead atoms. The summed E-state index contributed by atoms with van der Waals surface area (Å²) < 4.78 is 0. The summed E-state index contributed by atoms with van der Waals surface area (Å²) in [4.78, 5) is 32.1. The van der Waals surface area contributed by atoms with E-state index in [1.54, 1.807) is 56.6 Å². The summed E-state index contributed by atoms with van der Waals surface area (Å²) >= 11 is 5.95. The van der Waals surface area contributed by atoms with Gasteiger partial charge in [0.25, 0.3) is 11.8 Å². The molecule has 3 rings (SSSR count). The van der Waals surface area contributed by atoms with E-state index in [1.165, 1.54) is 4.90 Å². The molecular weight excluding hydrogens is 358 g/mol. The number of nitrogens with one attached hydrogen (secondary N) is 1. The number of carbonyl (C=O) groups excluding carboxylic acids is 2. The number of rotatable bonds is 5. The molecule has 0 atom stereocenters. The van der Waals surface area contributed by atoms with Crippen LogP contribution in [0.4, 0.5) is 5.69 Å². The van der Waals surface area contributed by atoms with E-state index in [-0.39, 0.29) is 12.5 Å². The Bertz CT molecular complexity index is 970. The van der Waals surface area contributed by atoms with Crippen LogP contribution in [0.15, 0.2) is 42.5 Å². The maximum atomic E-state index is 12.1. The normalized spacial score (nSPS) is 10.6. The van der Waals surface area contributed by atoms with E-state index in [9.17, 15) is 9.59 Å². The van der Waals surface area contributed by atoms with E-state index in [0.717, 1.165) is 4.85 Å². The molecule has 0 aliphatic carbocycles. The molecular formula is C17H16ClN5O3. The second-order valence-corrected chi connectivity index (χ2v) is 6.13. The average Bonchev–Trinajstić information content (AvgIpc) is 3.01. The second-order valence-electron chi connectivity index (χ2n) is 5.70. The van der Waals surface area contributed by atoms with Gasteiger partial charge in [-0.25, -0.2) is 0 Å². The van der Waals surface area contributed by atoms with Gasteiger partial charge in [-0.15, -0.1) is 5.10 Å². The third-order valence-electron chi connectivity index (χ3n) is 3.49. The molecule has 8 nitrogen and oxygen atoms in total. The molecule has 1 aromatic heterocycles. The van der Waals surface area contributed by atoms with Crippen molar-refractivity contribution in [1.82, 2.24) is 20.1 Å². The lowest BCUT2D eigenvalue weighted by atomic mass is 10.2. The van der Waals surface area contributed by atoms with Crippen molar-refractivity contribution in [3.05, 3.63) is 53.1 Å². The first-order valence-electron chi connectivity index (χ1n) is 7.70. The van der Waals surface area contributed by atoms with Crippen LogP contribution in [0.5, 0.6) is 0 Å². The standard InChI is InChI=1S/C17H16ClN5O3/c1-22(2)17(25)11-4-3-5-13(8-11)19-16(24)10-26-23-15-9-12(18)6-7-14(15)20-21-23/h3-9H,10H2,1-2H3,(H,19,24). The van der Waals surface area contributed by atoms with E-state index in [4.69, 9.17) is 16.4 Å². The minimum absolute atomic E-state index is 0.150. The number of anilines is 1. The number of hydrogen-bond acceptors (Lipinski definition) is 5. The van der Waals surface area contributed by atoms with Crippen LogP contribution in [0.1, 0.15) is 10.4 Å². The van der Waals surface area contributed by atoms with Crippen molar-refractivity contribution in [1.29, 1.82) is 0 Å². The summed E-state index contributed by atoms with van der Waals surface area (Å²) in [6, 6.07) is 11.7. The molecule has 26 heavy (non-hydrogen) atoms. The number of nitrogens with zero attached hydrogens (tertiary/aromatic N) is 4. The zero-order valence-electron chi connectivity index (χ0n) is 14.1. The number of hydrogen-bond donors (Lipinski definition) is 1. The van der Waals surface area contributed by atoms with Crippen molar-refractivity contribution >= 4 is 40.1 Å². The van der Waals surface area contributed by atoms with Gasteiger partial charge in [0.15, 0.2) is 6.61 Å². The van der Waals surface area contributed by atoms with Crippen LogP contribution < -0.4 is 10.2 Å². The van der Waals surface area contributed by atoms with E-state index in [2.05, 4.69) is 15.6 Å². The molecule has 2 aromatic carbocycles. The highest BCUT2D eigenvalue weighted by molar-refractivity contribution is 6.31. The van der Waals surface area contributed by atoms with Gasteiger partial charge in [0, 0.05) is 30.4 Å². The molecule has 0 aliphatic heterocycles. The van der Waals surface area contributed by atoms with E-state index >= 15 is 0 Å². The lowest BCUT2D eigenvalue weighted by Crippen LogP contribution is -2.26. The lowest BCUT2D eigenvalue weighted by molar-refractivity contribution is -0.121. The Kier molecular flexibility index (Phi) is 5.04. The van der Waals surface area contributed by atoms with Crippen molar-refractivity contribution in [2.45, 2.75) is 0 Å². The topological polar surface area (TPSA) is 89.4 Å². The first kappa shape index (κ1) is 17.7. The maximum absolute atomic E-state index is 12.1. The number of aromatic nitrogens is 3. The molecule has 1 N–H and O–H groups in total. The molecule has 0 saturated heterocycles. The Hall–Kier alpha value is -3.13. The van der Waals surface area contributed by atoms with E-state index in [1.807, 2.05) is 0 Å². The third-order valence-corrected chi connectivity index (χ3v) is 3.73. The maximum Gasteiger partial charge on any atom is 0.265 e. The number of carbonyl (C=O) groups is 2. The van der Waals surface area contributed by atoms with Crippen LogP contribution in [0.3, 0.4) is 0 Å². The van der Waals surface area contributed by atoms with Crippen molar-refractivity contribution in [3.8, 4) is 0 Å². The van der Waals surface area contributed by atoms with Gasteiger partial charge < -0.3 is 15.1 Å². The van der Waals surface area contributed by atoms with Crippen molar-refractivity contribution in [2.24, 2.45) is 0 Å². The van der Waals surface area contributed by atoms with Crippen LogP contribution >= 0.6 is 11.6 Å². The quantitative estimate of drug-likeness (QED) is 0.737. The monoisotopic (exact) mass is 373 g/mol. The van der Waals surface area contributed by atoms with Gasteiger partial charge in [0.2, 0.25) is 0 Å². The van der Waals surface area contributed by atoms with Gasteiger partial charge in [-0.1, -0.05) is 22.5 Å². The first-order chi connectivity index (χ1) is 12.4.